The maximum atomic E-state index is 13.0. The van der Waals surface area contributed by atoms with Gasteiger partial charge in [0, 0.05) is 30.8 Å². The molecule has 8 heteroatoms. The van der Waals surface area contributed by atoms with Crippen molar-refractivity contribution in [2.75, 3.05) is 32.9 Å². The Kier molecular flexibility index (Phi) is 6.89. The SMILES string of the molecule is CCOc1ccccc1CNC(=O)c1ccc(C)c(S(=O)(=O)N2CCOCC2)c1. The van der Waals surface area contributed by atoms with Crippen LogP contribution in [0, 0.1) is 6.92 Å². The number of carbonyl (C=O) groups is 1. The lowest BCUT2D eigenvalue weighted by atomic mass is 10.1. The van der Waals surface area contributed by atoms with E-state index in [-0.39, 0.29) is 17.3 Å². The van der Waals surface area contributed by atoms with Crippen LogP contribution in [0.5, 0.6) is 5.75 Å². The molecule has 7 nitrogen and oxygen atoms in total. The van der Waals surface area contributed by atoms with E-state index in [1.165, 1.54) is 10.4 Å². The van der Waals surface area contributed by atoms with Gasteiger partial charge in [0.1, 0.15) is 5.75 Å². The first-order chi connectivity index (χ1) is 13.9. The topological polar surface area (TPSA) is 84.9 Å². The lowest BCUT2D eigenvalue weighted by Gasteiger charge is -2.26. The van der Waals surface area contributed by atoms with Crippen LogP contribution >= 0.6 is 0 Å². The summed E-state index contributed by atoms with van der Waals surface area (Å²) in [7, 11) is -3.68. The summed E-state index contributed by atoms with van der Waals surface area (Å²) in [6.07, 6.45) is 0. The molecular formula is C21H26N2O5S. The second-order valence-electron chi connectivity index (χ2n) is 6.72. The third-order valence-electron chi connectivity index (χ3n) is 4.75. The van der Waals surface area contributed by atoms with Gasteiger partial charge in [0.05, 0.1) is 24.7 Å². The van der Waals surface area contributed by atoms with Crippen LogP contribution in [0.25, 0.3) is 0 Å². The van der Waals surface area contributed by atoms with Crippen molar-refractivity contribution >= 4 is 15.9 Å². The number of hydrogen-bond acceptors (Lipinski definition) is 5. The molecule has 0 aromatic heterocycles. The number of para-hydroxylation sites is 1. The van der Waals surface area contributed by atoms with Gasteiger partial charge in [-0.3, -0.25) is 4.79 Å². The average Bonchev–Trinajstić information content (AvgIpc) is 2.74. The lowest BCUT2D eigenvalue weighted by Crippen LogP contribution is -2.41. The monoisotopic (exact) mass is 418 g/mol. The Morgan fingerprint density at radius 2 is 1.90 bits per heavy atom. The van der Waals surface area contributed by atoms with Gasteiger partial charge in [-0.25, -0.2) is 8.42 Å². The standard InChI is InChI=1S/C21H26N2O5S/c1-3-28-19-7-5-4-6-18(19)15-22-21(24)17-9-8-16(2)20(14-17)29(25,26)23-10-12-27-13-11-23/h4-9,14H,3,10-13,15H2,1-2H3,(H,22,24). The Morgan fingerprint density at radius 3 is 2.62 bits per heavy atom. The predicted octanol–water partition coefficient (Wildman–Crippen LogP) is 2.34. The van der Waals surface area contributed by atoms with Crippen molar-refractivity contribution in [1.29, 1.82) is 0 Å². The molecule has 1 heterocycles. The number of benzene rings is 2. The van der Waals surface area contributed by atoms with Gasteiger partial charge >= 0.3 is 0 Å². The van der Waals surface area contributed by atoms with Crippen molar-refractivity contribution in [1.82, 2.24) is 9.62 Å². The molecule has 1 N–H and O–H groups in total. The molecule has 0 saturated carbocycles. The number of carbonyl (C=O) groups excluding carboxylic acids is 1. The predicted molar refractivity (Wildman–Crippen MR) is 110 cm³/mol. The minimum Gasteiger partial charge on any atom is -0.494 e. The Balaban J connectivity index is 1.78. The number of nitrogens with one attached hydrogen (secondary N) is 1. The van der Waals surface area contributed by atoms with Crippen LogP contribution < -0.4 is 10.1 Å². The smallest absolute Gasteiger partial charge is 0.251 e. The van der Waals surface area contributed by atoms with Crippen LogP contribution in [0.4, 0.5) is 0 Å². The van der Waals surface area contributed by atoms with Crippen LogP contribution in [-0.4, -0.2) is 51.5 Å². The van der Waals surface area contributed by atoms with Gasteiger partial charge in [-0.15, -0.1) is 0 Å². The highest BCUT2D eigenvalue weighted by molar-refractivity contribution is 7.89. The first-order valence-electron chi connectivity index (χ1n) is 9.61. The lowest BCUT2D eigenvalue weighted by molar-refractivity contribution is 0.0730. The fourth-order valence-corrected chi connectivity index (χ4v) is 4.83. The third kappa shape index (κ3) is 4.95. The van der Waals surface area contributed by atoms with E-state index < -0.39 is 10.0 Å². The van der Waals surface area contributed by atoms with E-state index in [0.29, 0.717) is 44.0 Å². The molecule has 0 unspecified atom stereocenters. The van der Waals surface area contributed by atoms with Crippen molar-refractivity contribution in [2.45, 2.75) is 25.3 Å². The Hall–Kier alpha value is -2.42. The molecule has 2 aromatic rings. The molecular weight excluding hydrogens is 392 g/mol. The molecule has 29 heavy (non-hydrogen) atoms. The van der Waals surface area contributed by atoms with Crippen molar-refractivity contribution in [3.8, 4) is 5.75 Å². The van der Waals surface area contributed by atoms with Crippen LogP contribution in [0.2, 0.25) is 0 Å². The number of ether oxygens (including phenoxy) is 2. The van der Waals surface area contributed by atoms with Crippen LogP contribution in [0.1, 0.15) is 28.4 Å². The second-order valence-corrected chi connectivity index (χ2v) is 8.63. The number of nitrogens with zero attached hydrogens (tertiary/aromatic N) is 1. The summed E-state index contributed by atoms with van der Waals surface area (Å²) in [6, 6.07) is 12.2. The van der Waals surface area contributed by atoms with E-state index in [1.54, 1.807) is 19.1 Å². The molecule has 156 valence electrons. The molecule has 0 spiro atoms. The molecule has 0 atom stereocenters. The first kappa shape index (κ1) is 21.3. The van der Waals surface area contributed by atoms with Crippen molar-refractivity contribution in [2.24, 2.45) is 0 Å². The van der Waals surface area contributed by atoms with Gasteiger partial charge < -0.3 is 14.8 Å². The molecule has 1 saturated heterocycles. The Morgan fingerprint density at radius 1 is 1.17 bits per heavy atom. The minimum absolute atomic E-state index is 0.154. The van der Waals surface area contributed by atoms with Crippen LogP contribution in [0.3, 0.4) is 0 Å². The van der Waals surface area contributed by atoms with Crippen LogP contribution in [0.15, 0.2) is 47.4 Å². The van der Waals surface area contributed by atoms with Crippen molar-refractivity contribution in [3.05, 3.63) is 59.2 Å². The fourth-order valence-electron chi connectivity index (χ4n) is 3.17. The Labute approximate surface area is 171 Å². The zero-order valence-electron chi connectivity index (χ0n) is 16.7. The van der Waals surface area contributed by atoms with Crippen molar-refractivity contribution in [3.63, 3.8) is 0 Å². The Bertz CT molecular complexity index is 969. The molecule has 0 radical (unpaired) electrons. The molecule has 3 rings (SSSR count). The quantitative estimate of drug-likeness (QED) is 0.746. The maximum absolute atomic E-state index is 13.0. The summed E-state index contributed by atoms with van der Waals surface area (Å²) in [5.41, 5.74) is 1.77. The molecule has 0 bridgehead atoms. The van der Waals surface area contributed by atoms with Gasteiger partial charge in [-0.05, 0) is 37.6 Å². The average molecular weight is 419 g/mol. The number of morpholine rings is 1. The van der Waals surface area contributed by atoms with E-state index in [0.717, 1.165) is 11.3 Å². The van der Waals surface area contributed by atoms with Gasteiger partial charge in [0.15, 0.2) is 0 Å². The minimum atomic E-state index is -3.68. The number of amides is 1. The normalized spacial score (nSPS) is 15.1. The van der Waals surface area contributed by atoms with Gasteiger partial charge in [0.2, 0.25) is 10.0 Å². The largest absolute Gasteiger partial charge is 0.494 e. The molecule has 1 aliphatic rings. The summed E-state index contributed by atoms with van der Waals surface area (Å²) in [5.74, 6) is 0.379. The molecule has 1 amide bonds. The molecule has 0 aliphatic carbocycles. The van der Waals surface area contributed by atoms with Gasteiger partial charge in [-0.1, -0.05) is 24.3 Å². The highest BCUT2D eigenvalue weighted by atomic mass is 32.2. The number of rotatable bonds is 7. The highest BCUT2D eigenvalue weighted by Gasteiger charge is 2.28. The molecule has 1 fully saturated rings. The second kappa shape index (κ2) is 9.39. The zero-order chi connectivity index (χ0) is 20.9. The summed E-state index contributed by atoms with van der Waals surface area (Å²) in [5, 5.41) is 2.84. The van der Waals surface area contributed by atoms with E-state index >= 15 is 0 Å². The highest BCUT2D eigenvalue weighted by Crippen LogP contribution is 2.23. The number of hydrogen-bond donors (Lipinski definition) is 1. The summed E-state index contributed by atoms with van der Waals surface area (Å²) in [4.78, 5) is 12.8. The first-order valence-corrected chi connectivity index (χ1v) is 11.0. The van der Waals surface area contributed by atoms with Crippen molar-refractivity contribution < 1.29 is 22.7 Å². The molecule has 2 aromatic carbocycles. The number of aryl methyl sites for hydroxylation is 1. The van der Waals surface area contributed by atoms with Gasteiger partial charge in [0.25, 0.3) is 5.91 Å². The fraction of sp³-hybridized carbons (Fsp3) is 0.381. The maximum Gasteiger partial charge on any atom is 0.251 e. The van der Waals surface area contributed by atoms with E-state index in [2.05, 4.69) is 5.32 Å². The molecule has 1 aliphatic heterocycles. The van der Waals surface area contributed by atoms with Gasteiger partial charge in [-0.2, -0.15) is 4.31 Å². The summed E-state index contributed by atoms with van der Waals surface area (Å²) < 4.78 is 38.2. The number of sulfonamides is 1. The third-order valence-corrected chi connectivity index (χ3v) is 6.79. The summed E-state index contributed by atoms with van der Waals surface area (Å²) >= 11 is 0. The zero-order valence-corrected chi connectivity index (χ0v) is 17.5. The van der Waals surface area contributed by atoms with E-state index in [4.69, 9.17) is 9.47 Å². The van der Waals surface area contributed by atoms with Crippen LogP contribution in [-0.2, 0) is 21.3 Å². The summed E-state index contributed by atoms with van der Waals surface area (Å²) in [6.45, 7) is 5.82. The van der Waals surface area contributed by atoms with E-state index in [9.17, 15) is 13.2 Å². The van der Waals surface area contributed by atoms with E-state index in [1.807, 2.05) is 31.2 Å².